The fourth-order valence-electron chi connectivity index (χ4n) is 3.11. The van der Waals surface area contributed by atoms with Gasteiger partial charge in [0.05, 0.1) is 5.25 Å². The Balaban J connectivity index is 1.90. The summed E-state index contributed by atoms with van der Waals surface area (Å²) in [5.41, 5.74) is 1.61. The summed E-state index contributed by atoms with van der Waals surface area (Å²) in [5.74, 6) is 0.159. The fraction of sp³-hybridized carbons (Fsp3) is 0.611. The first-order valence-corrected chi connectivity index (χ1v) is 8.39. The van der Waals surface area contributed by atoms with E-state index in [2.05, 4.69) is 38.6 Å². The summed E-state index contributed by atoms with van der Waals surface area (Å²) in [4.78, 5) is 14.5. The van der Waals surface area contributed by atoms with Crippen LogP contribution in [0.3, 0.4) is 0 Å². The minimum absolute atomic E-state index is 0.159. The topological polar surface area (TPSA) is 20.3 Å². The second-order valence-electron chi connectivity index (χ2n) is 7.05. The number of hydrogen-bond acceptors (Lipinski definition) is 2. The number of nitrogens with zero attached hydrogens (tertiary/aromatic N) is 1. The van der Waals surface area contributed by atoms with Gasteiger partial charge in [0.2, 0.25) is 5.91 Å². The average Bonchev–Trinajstić information content (AvgIpc) is 2.46. The van der Waals surface area contributed by atoms with Crippen LogP contribution in [0.2, 0.25) is 0 Å². The van der Waals surface area contributed by atoms with Crippen LogP contribution in [0.25, 0.3) is 0 Å². The zero-order valence-corrected chi connectivity index (χ0v) is 14.3. The van der Waals surface area contributed by atoms with Gasteiger partial charge in [-0.15, -0.1) is 0 Å². The third kappa shape index (κ3) is 4.50. The molecular formula is C18H27NOS. The molecule has 2 nitrogen and oxygen atoms in total. The SMILES string of the molecule is CN(C(=O)C(S)Cc1ccccc1)C1CCC(C)(C)CC1. The summed E-state index contributed by atoms with van der Waals surface area (Å²) in [7, 11) is 1.94. The Morgan fingerprint density at radius 1 is 1.29 bits per heavy atom. The van der Waals surface area contributed by atoms with E-state index >= 15 is 0 Å². The van der Waals surface area contributed by atoms with E-state index in [1.54, 1.807) is 0 Å². The summed E-state index contributed by atoms with van der Waals surface area (Å²) in [6.07, 6.45) is 5.32. The van der Waals surface area contributed by atoms with Crippen LogP contribution in [-0.4, -0.2) is 29.1 Å². The van der Waals surface area contributed by atoms with Gasteiger partial charge < -0.3 is 4.90 Å². The molecule has 0 aliphatic heterocycles. The molecule has 1 saturated carbocycles. The van der Waals surface area contributed by atoms with Crippen molar-refractivity contribution in [1.82, 2.24) is 4.90 Å². The summed E-state index contributed by atoms with van der Waals surface area (Å²) >= 11 is 4.54. The van der Waals surface area contributed by atoms with Crippen molar-refractivity contribution in [1.29, 1.82) is 0 Å². The van der Waals surface area contributed by atoms with Gasteiger partial charge in [-0.05, 0) is 43.1 Å². The lowest BCUT2D eigenvalue weighted by molar-refractivity contribution is -0.132. The highest BCUT2D eigenvalue weighted by atomic mass is 32.1. The van der Waals surface area contributed by atoms with E-state index in [4.69, 9.17) is 0 Å². The maximum absolute atomic E-state index is 12.6. The highest BCUT2D eigenvalue weighted by Crippen LogP contribution is 2.36. The van der Waals surface area contributed by atoms with Gasteiger partial charge in [-0.3, -0.25) is 4.79 Å². The molecule has 0 radical (unpaired) electrons. The van der Waals surface area contributed by atoms with E-state index in [1.165, 1.54) is 18.4 Å². The summed E-state index contributed by atoms with van der Waals surface area (Å²) in [5, 5.41) is -0.243. The van der Waals surface area contributed by atoms with Crippen LogP contribution >= 0.6 is 12.6 Å². The molecule has 21 heavy (non-hydrogen) atoms. The molecule has 0 N–H and O–H groups in total. The molecule has 1 amide bonds. The molecule has 1 fully saturated rings. The van der Waals surface area contributed by atoms with Gasteiger partial charge in [-0.2, -0.15) is 12.6 Å². The second-order valence-corrected chi connectivity index (χ2v) is 7.67. The van der Waals surface area contributed by atoms with Crippen molar-refractivity contribution in [3.8, 4) is 0 Å². The molecule has 2 rings (SSSR count). The highest BCUT2D eigenvalue weighted by Gasteiger charge is 2.31. The maximum atomic E-state index is 12.6. The number of amides is 1. The maximum Gasteiger partial charge on any atom is 0.235 e. The monoisotopic (exact) mass is 305 g/mol. The minimum Gasteiger partial charge on any atom is -0.342 e. The third-order valence-electron chi connectivity index (χ3n) is 4.76. The first-order valence-electron chi connectivity index (χ1n) is 7.88. The zero-order chi connectivity index (χ0) is 15.5. The van der Waals surface area contributed by atoms with Crippen LogP contribution in [0.5, 0.6) is 0 Å². The fourth-order valence-corrected chi connectivity index (χ4v) is 3.50. The van der Waals surface area contributed by atoms with Crippen molar-refractivity contribution in [3.63, 3.8) is 0 Å². The van der Waals surface area contributed by atoms with Crippen LogP contribution in [0, 0.1) is 5.41 Å². The molecule has 1 aromatic carbocycles. The Morgan fingerprint density at radius 2 is 1.86 bits per heavy atom. The van der Waals surface area contributed by atoms with Crippen molar-refractivity contribution in [2.75, 3.05) is 7.05 Å². The Bertz CT molecular complexity index is 461. The van der Waals surface area contributed by atoms with Crippen molar-refractivity contribution < 1.29 is 4.79 Å². The lowest BCUT2D eigenvalue weighted by Crippen LogP contribution is -2.44. The Labute approximate surface area is 134 Å². The molecule has 1 unspecified atom stereocenters. The summed E-state index contributed by atoms with van der Waals surface area (Å²) < 4.78 is 0. The first kappa shape index (κ1) is 16.4. The van der Waals surface area contributed by atoms with Crippen molar-refractivity contribution in [2.24, 2.45) is 5.41 Å². The highest BCUT2D eigenvalue weighted by molar-refractivity contribution is 7.81. The van der Waals surface area contributed by atoms with Crippen LogP contribution in [-0.2, 0) is 11.2 Å². The molecule has 0 spiro atoms. The van der Waals surface area contributed by atoms with Crippen LogP contribution in [0.15, 0.2) is 30.3 Å². The number of benzene rings is 1. The number of rotatable bonds is 4. The molecule has 3 heteroatoms. The molecule has 0 bridgehead atoms. The van der Waals surface area contributed by atoms with Gasteiger partial charge in [-0.25, -0.2) is 0 Å². The molecular weight excluding hydrogens is 278 g/mol. The molecule has 1 aliphatic carbocycles. The predicted molar refractivity (Wildman–Crippen MR) is 91.7 cm³/mol. The van der Waals surface area contributed by atoms with Crippen molar-refractivity contribution >= 4 is 18.5 Å². The van der Waals surface area contributed by atoms with E-state index in [-0.39, 0.29) is 11.2 Å². The Morgan fingerprint density at radius 3 is 2.43 bits per heavy atom. The smallest absolute Gasteiger partial charge is 0.235 e. The predicted octanol–water partition coefficient (Wildman–Crippen LogP) is 3.95. The van der Waals surface area contributed by atoms with Crippen molar-refractivity contribution in [3.05, 3.63) is 35.9 Å². The molecule has 0 saturated heterocycles. The Kier molecular flexibility index (Phi) is 5.37. The molecule has 0 aromatic heterocycles. The minimum atomic E-state index is -0.243. The third-order valence-corrected chi connectivity index (χ3v) is 5.16. The van der Waals surface area contributed by atoms with Gasteiger partial charge in [0.15, 0.2) is 0 Å². The van der Waals surface area contributed by atoms with Crippen molar-refractivity contribution in [2.45, 2.75) is 57.2 Å². The summed E-state index contributed by atoms with van der Waals surface area (Å²) in [6.45, 7) is 4.64. The van der Waals surface area contributed by atoms with E-state index in [0.29, 0.717) is 17.9 Å². The van der Waals surface area contributed by atoms with Crippen LogP contribution < -0.4 is 0 Å². The molecule has 116 valence electrons. The Hall–Kier alpha value is -0.960. The number of thiol groups is 1. The number of hydrogen-bond donors (Lipinski definition) is 1. The van der Waals surface area contributed by atoms with Gasteiger partial charge in [-0.1, -0.05) is 44.2 Å². The van der Waals surface area contributed by atoms with Gasteiger partial charge in [0, 0.05) is 13.1 Å². The van der Waals surface area contributed by atoms with Gasteiger partial charge >= 0.3 is 0 Å². The van der Waals surface area contributed by atoms with Crippen LogP contribution in [0.4, 0.5) is 0 Å². The van der Waals surface area contributed by atoms with E-state index in [1.807, 2.05) is 30.1 Å². The lowest BCUT2D eigenvalue weighted by atomic mass is 9.75. The lowest BCUT2D eigenvalue weighted by Gasteiger charge is -2.39. The molecule has 1 aliphatic rings. The van der Waals surface area contributed by atoms with E-state index in [0.717, 1.165) is 12.8 Å². The van der Waals surface area contributed by atoms with Gasteiger partial charge in [0.1, 0.15) is 0 Å². The standard InChI is InChI=1S/C18H27NOS/c1-18(2)11-9-15(10-12-18)19(3)17(20)16(21)13-14-7-5-4-6-8-14/h4-8,15-16,21H,9-13H2,1-3H3. The quantitative estimate of drug-likeness (QED) is 0.835. The number of carbonyl (C=O) groups is 1. The molecule has 0 heterocycles. The molecule has 1 aromatic rings. The average molecular weight is 305 g/mol. The summed E-state index contributed by atoms with van der Waals surface area (Å²) in [6, 6.07) is 10.5. The van der Waals surface area contributed by atoms with Gasteiger partial charge in [0.25, 0.3) is 0 Å². The number of carbonyl (C=O) groups excluding carboxylic acids is 1. The first-order chi connectivity index (χ1) is 9.89. The largest absolute Gasteiger partial charge is 0.342 e. The van der Waals surface area contributed by atoms with Crippen LogP contribution in [0.1, 0.15) is 45.1 Å². The normalized spacial score (nSPS) is 20.0. The molecule has 1 atom stereocenters. The zero-order valence-electron chi connectivity index (χ0n) is 13.4. The van der Waals surface area contributed by atoms with E-state index in [9.17, 15) is 4.79 Å². The van der Waals surface area contributed by atoms with E-state index < -0.39 is 0 Å². The second kappa shape index (κ2) is 6.87.